The van der Waals surface area contributed by atoms with E-state index in [0.717, 1.165) is 5.56 Å². The molecule has 3 heteroatoms. The van der Waals surface area contributed by atoms with E-state index < -0.39 is 0 Å². The summed E-state index contributed by atoms with van der Waals surface area (Å²) in [4.78, 5) is 13.1. The lowest BCUT2D eigenvalue weighted by atomic mass is 10.3. The highest BCUT2D eigenvalue weighted by Crippen LogP contribution is 1.81. The zero-order valence-electron chi connectivity index (χ0n) is 6.73. The Morgan fingerprint density at radius 2 is 2.18 bits per heavy atom. The van der Waals surface area contributed by atoms with Crippen molar-refractivity contribution in [3.8, 4) is 0 Å². The third kappa shape index (κ3) is 5.01. The molecule has 1 aromatic rings. The number of aromatic amines is 1. The van der Waals surface area contributed by atoms with Crippen LogP contribution in [0.25, 0.3) is 0 Å². The van der Waals surface area contributed by atoms with Gasteiger partial charge in [-0.3, -0.25) is 4.79 Å². The first-order valence-corrected chi connectivity index (χ1v) is 4.95. The number of aryl methyl sites for hydroxylation is 1. The second kappa shape index (κ2) is 6.39. The Morgan fingerprint density at radius 3 is 2.45 bits per heavy atom. The summed E-state index contributed by atoms with van der Waals surface area (Å²) in [6.45, 7) is 3.89. The number of H-pyrrole nitrogens is 1. The van der Waals surface area contributed by atoms with E-state index in [1.165, 1.54) is 4.43 Å². The van der Waals surface area contributed by atoms with Gasteiger partial charge in [0.05, 0.1) is 0 Å². The Labute approximate surface area is 80.2 Å². The van der Waals surface area contributed by atoms with Gasteiger partial charge in [-0.05, 0) is 17.4 Å². The van der Waals surface area contributed by atoms with Gasteiger partial charge in [0, 0.05) is 11.8 Å². The molecule has 1 rings (SSSR count). The van der Waals surface area contributed by atoms with Crippen LogP contribution in [0.1, 0.15) is 12.5 Å². The molecule has 0 aliphatic heterocycles. The predicted molar refractivity (Wildman–Crippen MR) is 56.4 cm³/mol. The molecule has 0 saturated heterocycles. The Bertz CT molecular complexity index is 244. The summed E-state index contributed by atoms with van der Waals surface area (Å²) in [6, 6.07) is 3.58. The number of aromatic nitrogens is 1. The first-order valence-electron chi connectivity index (χ1n) is 3.42. The summed E-state index contributed by atoms with van der Waals surface area (Å²) in [7, 11) is 0. The van der Waals surface area contributed by atoms with E-state index in [0.29, 0.717) is 0 Å². The maximum Gasteiger partial charge on any atom is 0.250 e. The maximum atomic E-state index is 10.6. The number of halogens is 1. The van der Waals surface area contributed by atoms with Gasteiger partial charge in [-0.15, -0.1) is 0 Å². The Balaban J connectivity index is 0.000000292. The average molecular weight is 265 g/mol. The predicted octanol–water partition coefficient (Wildman–Crippen LogP) is 2.12. The quantitative estimate of drug-likeness (QED) is 0.565. The van der Waals surface area contributed by atoms with Gasteiger partial charge >= 0.3 is 0 Å². The van der Waals surface area contributed by atoms with Gasteiger partial charge in [-0.25, -0.2) is 0 Å². The van der Waals surface area contributed by atoms with Crippen LogP contribution >= 0.6 is 22.6 Å². The minimum atomic E-state index is -0.00694. The van der Waals surface area contributed by atoms with Crippen LogP contribution < -0.4 is 5.56 Å². The third-order valence-corrected chi connectivity index (χ3v) is 1.02. The van der Waals surface area contributed by atoms with Crippen LogP contribution in [0.3, 0.4) is 0 Å². The molecule has 0 unspecified atom stereocenters. The van der Waals surface area contributed by atoms with E-state index in [-0.39, 0.29) is 5.56 Å². The van der Waals surface area contributed by atoms with E-state index in [1.54, 1.807) is 25.3 Å². The molecule has 0 atom stereocenters. The zero-order chi connectivity index (χ0) is 8.69. The minimum Gasteiger partial charge on any atom is -0.329 e. The molecule has 62 valence electrons. The van der Waals surface area contributed by atoms with Crippen LogP contribution in [0.15, 0.2) is 23.1 Å². The first-order chi connectivity index (χ1) is 5.22. The van der Waals surface area contributed by atoms with E-state index >= 15 is 0 Å². The summed E-state index contributed by atoms with van der Waals surface area (Å²) in [5, 5.41) is 0. The maximum absolute atomic E-state index is 10.6. The molecule has 11 heavy (non-hydrogen) atoms. The lowest BCUT2D eigenvalue weighted by Crippen LogP contribution is -2.06. The van der Waals surface area contributed by atoms with Crippen molar-refractivity contribution in [3.63, 3.8) is 0 Å². The highest BCUT2D eigenvalue weighted by Gasteiger charge is 1.83. The van der Waals surface area contributed by atoms with Crippen molar-refractivity contribution in [2.24, 2.45) is 0 Å². The van der Waals surface area contributed by atoms with Gasteiger partial charge in [-0.1, -0.05) is 35.6 Å². The van der Waals surface area contributed by atoms with Crippen LogP contribution in [0.2, 0.25) is 0 Å². The molecule has 0 aliphatic carbocycles. The Morgan fingerprint density at radius 1 is 1.64 bits per heavy atom. The van der Waals surface area contributed by atoms with Crippen molar-refractivity contribution in [1.29, 1.82) is 0 Å². The molecule has 1 N–H and O–H groups in total. The molecule has 1 aromatic heterocycles. The fourth-order valence-electron chi connectivity index (χ4n) is 0.506. The normalized spacial score (nSPS) is 8.27. The summed E-state index contributed by atoms with van der Waals surface area (Å²) in [6.07, 6.45) is 1.62. The SMILES string of the molecule is CCI.Cc1ccc[nH]c1=O. The van der Waals surface area contributed by atoms with Crippen LogP contribution in [0, 0.1) is 6.92 Å². The Hall–Kier alpha value is -0.320. The largest absolute Gasteiger partial charge is 0.329 e. The fraction of sp³-hybridized carbons (Fsp3) is 0.375. The molecule has 0 bridgehead atoms. The summed E-state index contributed by atoms with van der Waals surface area (Å²) >= 11 is 2.29. The van der Waals surface area contributed by atoms with E-state index in [4.69, 9.17) is 0 Å². The highest BCUT2D eigenvalue weighted by atomic mass is 127. The molecule has 0 spiro atoms. The number of hydrogen-bond acceptors (Lipinski definition) is 1. The first kappa shape index (κ1) is 10.7. The number of hydrogen-bond donors (Lipinski definition) is 1. The van der Waals surface area contributed by atoms with Crippen LogP contribution in [-0.4, -0.2) is 9.41 Å². The standard InChI is InChI=1S/C6H7NO.C2H5I/c1-5-3-2-4-7-6(5)8;1-2-3/h2-4H,1H3,(H,7,8);2H2,1H3. The van der Waals surface area contributed by atoms with E-state index in [1.807, 2.05) is 0 Å². The number of rotatable bonds is 0. The fourth-order valence-corrected chi connectivity index (χ4v) is 0.506. The lowest BCUT2D eigenvalue weighted by molar-refractivity contribution is 1.18. The number of alkyl halides is 1. The summed E-state index contributed by atoms with van der Waals surface area (Å²) in [5.41, 5.74) is 0.750. The second-order valence-electron chi connectivity index (χ2n) is 1.95. The molecule has 1 heterocycles. The van der Waals surface area contributed by atoms with Gasteiger partial charge in [-0.2, -0.15) is 0 Å². The van der Waals surface area contributed by atoms with E-state index in [2.05, 4.69) is 34.5 Å². The molecule has 0 fully saturated rings. The molecular formula is C8H12INO. The molecule has 0 aliphatic rings. The number of nitrogens with one attached hydrogen (secondary N) is 1. The van der Waals surface area contributed by atoms with Crippen molar-refractivity contribution in [1.82, 2.24) is 4.98 Å². The highest BCUT2D eigenvalue weighted by molar-refractivity contribution is 14.1. The monoisotopic (exact) mass is 265 g/mol. The van der Waals surface area contributed by atoms with Gasteiger partial charge in [0.2, 0.25) is 0 Å². The molecule has 0 radical (unpaired) electrons. The van der Waals surface area contributed by atoms with Crippen molar-refractivity contribution in [2.75, 3.05) is 4.43 Å². The molecule has 0 saturated carbocycles. The topological polar surface area (TPSA) is 32.9 Å². The third-order valence-electron chi connectivity index (χ3n) is 1.02. The molecule has 0 aromatic carbocycles. The van der Waals surface area contributed by atoms with Crippen molar-refractivity contribution in [2.45, 2.75) is 13.8 Å². The average Bonchev–Trinajstić information content (AvgIpc) is 1.97. The van der Waals surface area contributed by atoms with Crippen molar-refractivity contribution >= 4 is 22.6 Å². The molecule has 0 amide bonds. The van der Waals surface area contributed by atoms with Crippen molar-refractivity contribution < 1.29 is 0 Å². The van der Waals surface area contributed by atoms with Crippen LogP contribution in [0.5, 0.6) is 0 Å². The van der Waals surface area contributed by atoms with Gasteiger partial charge < -0.3 is 4.98 Å². The van der Waals surface area contributed by atoms with E-state index in [9.17, 15) is 4.79 Å². The van der Waals surface area contributed by atoms with Gasteiger partial charge in [0.1, 0.15) is 0 Å². The van der Waals surface area contributed by atoms with Crippen LogP contribution in [0.4, 0.5) is 0 Å². The lowest BCUT2D eigenvalue weighted by Gasteiger charge is -1.83. The summed E-state index contributed by atoms with van der Waals surface area (Å²) in [5.74, 6) is 0. The second-order valence-corrected chi connectivity index (χ2v) is 3.48. The Kier molecular flexibility index (Phi) is 6.21. The zero-order valence-corrected chi connectivity index (χ0v) is 8.88. The van der Waals surface area contributed by atoms with Crippen molar-refractivity contribution in [3.05, 3.63) is 34.2 Å². The van der Waals surface area contributed by atoms with Gasteiger partial charge in [0.15, 0.2) is 0 Å². The van der Waals surface area contributed by atoms with Crippen LogP contribution in [-0.2, 0) is 0 Å². The minimum absolute atomic E-state index is 0.00694. The summed E-state index contributed by atoms with van der Waals surface area (Å²) < 4.78 is 1.22. The molecular weight excluding hydrogens is 253 g/mol. The smallest absolute Gasteiger partial charge is 0.250 e. The van der Waals surface area contributed by atoms with Gasteiger partial charge in [0.25, 0.3) is 5.56 Å². The number of pyridine rings is 1. The molecule has 2 nitrogen and oxygen atoms in total.